The van der Waals surface area contributed by atoms with Crippen LogP contribution in [-0.4, -0.2) is 49.7 Å². The van der Waals surface area contributed by atoms with Crippen LogP contribution in [0.5, 0.6) is 0 Å². The van der Waals surface area contributed by atoms with Crippen LogP contribution in [0.4, 0.5) is 5.69 Å². The SMILES string of the molecule is COC(=O)CC1CN(C(=O)Cc2ccccc2N)CCO1. The Labute approximate surface area is 123 Å². The number of nitrogens with two attached hydrogens (primary N) is 1. The van der Waals surface area contributed by atoms with Gasteiger partial charge in [-0.2, -0.15) is 0 Å². The highest BCUT2D eigenvalue weighted by Crippen LogP contribution is 2.15. The molecule has 1 atom stereocenters. The van der Waals surface area contributed by atoms with Gasteiger partial charge in [-0.25, -0.2) is 0 Å². The predicted octanol–water partition coefficient (Wildman–Crippen LogP) is 0.602. The second-order valence-electron chi connectivity index (χ2n) is 4.99. The van der Waals surface area contributed by atoms with Gasteiger partial charge in [0, 0.05) is 18.8 Å². The molecule has 6 heteroatoms. The van der Waals surface area contributed by atoms with E-state index in [9.17, 15) is 9.59 Å². The highest BCUT2D eigenvalue weighted by Gasteiger charge is 2.26. The van der Waals surface area contributed by atoms with Crippen molar-refractivity contribution in [1.29, 1.82) is 0 Å². The molecule has 1 unspecified atom stereocenters. The van der Waals surface area contributed by atoms with Gasteiger partial charge in [0.05, 0.1) is 32.7 Å². The normalized spacial score (nSPS) is 18.3. The van der Waals surface area contributed by atoms with Gasteiger partial charge in [-0.15, -0.1) is 0 Å². The summed E-state index contributed by atoms with van der Waals surface area (Å²) in [5.74, 6) is -0.340. The molecule has 114 valence electrons. The number of nitrogens with zero attached hydrogens (tertiary/aromatic N) is 1. The third kappa shape index (κ3) is 4.19. The number of morpholine rings is 1. The molecule has 1 aliphatic rings. The van der Waals surface area contributed by atoms with Crippen molar-refractivity contribution in [1.82, 2.24) is 4.90 Å². The number of benzene rings is 1. The number of nitrogen functional groups attached to an aromatic ring is 1. The summed E-state index contributed by atoms with van der Waals surface area (Å²) in [6.07, 6.45) is 0.119. The van der Waals surface area contributed by atoms with E-state index < -0.39 is 0 Å². The molecule has 0 aromatic heterocycles. The Morgan fingerprint density at radius 3 is 2.90 bits per heavy atom. The van der Waals surface area contributed by atoms with Crippen molar-refractivity contribution >= 4 is 17.6 Å². The molecule has 1 aromatic rings. The summed E-state index contributed by atoms with van der Waals surface area (Å²) >= 11 is 0. The number of hydrogen-bond donors (Lipinski definition) is 1. The van der Waals surface area contributed by atoms with E-state index in [1.807, 2.05) is 18.2 Å². The standard InChI is InChI=1S/C15H20N2O4/c1-20-15(19)9-12-10-17(6-7-21-12)14(18)8-11-4-2-3-5-13(11)16/h2-5,12H,6-10,16H2,1H3. The van der Waals surface area contributed by atoms with Gasteiger partial charge in [-0.3, -0.25) is 9.59 Å². The summed E-state index contributed by atoms with van der Waals surface area (Å²) in [5, 5.41) is 0. The third-order valence-corrected chi connectivity index (χ3v) is 3.51. The molecular formula is C15H20N2O4. The van der Waals surface area contributed by atoms with Gasteiger partial charge < -0.3 is 20.1 Å². The molecule has 1 amide bonds. The minimum Gasteiger partial charge on any atom is -0.469 e. The number of ether oxygens (including phenoxy) is 2. The Bertz CT molecular complexity index is 518. The van der Waals surface area contributed by atoms with Crippen LogP contribution in [0, 0.1) is 0 Å². The first kappa shape index (κ1) is 15.3. The topological polar surface area (TPSA) is 81.9 Å². The average Bonchev–Trinajstić information content (AvgIpc) is 2.49. The predicted molar refractivity (Wildman–Crippen MR) is 77.5 cm³/mol. The van der Waals surface area contributed by atoms with Crippen molar-refractivity contribution in [2.24, 2.45) is 0 Å². The zero-order chi connectivity index (χ0) is 15.2. The lowest BCUT2D eigenvalue weighted by Crippen LogP contribution is -2.46. The van der Waals surface area contributed by atoms with Crippen LogP contribution in [0.2, 0.25) is 0 Å². The first-order valence-electron chi connectivity index (χ1n) is 6.89. The van der Waals surface area contributed by atoms with E-state index in [-0.39, 0.29) is 30.8 Å². The van der Waals surface area contributed by atoms with E-state index >= 15 is 0 Å². The molecule has 2 rings (SSSR count). The van der Waals surface area contributed by atoms with Gasteiger partial charge >= 0.3 is 5.97 Å². The highest BCUT2D eigenvalue weighted by atomic mass is 16.5. The van der Waals surface area contributed by atoms with Crippen molar-refractivity contribution in [3.8, 4) is 0 Å². The van der Waals surface area contributed by atoms with E-state index in [4.69, 9.17) is 10.5 Å². The highest BCUT2D eigenvalue weighted by molar-refractivity contribution is 5.80. The molecule has 1 saturated heterocycles. The lowest BCUT2D eigenvalue weighted by molar-refractivity contribution is -0.149. The largest absolute Gasteiger partial charge is 0.469 e. The lowest BCUT2D eigenvalue weighted by atomic mass is 10.1. The molecule has 1 aliphatic heterocycles. The molecule has 1 aromatic carbocycles. The summed E-state index contributed by atoms with van der Waals surface area (Å²) in [4.78, 5) is 25.3. The van der Waals surface area contributed by atoms with Crippen molar-refractivity contribution in [3.63, 3.8) is 0 Å². The van der Waals surface area contributed by atoms with E-state index in [2.05, 4.69) is 4.74 Å². The first-order valence-corrected chi connectivity index (χ1v) is 6.89. The fourth-order valence-electron chi connectivity index (χ4n) is 2.31. The van der Waals surface area contributed by atoms with Crippen LogP contribution in [0.25, 0.3) is 0 Å². The number of methoxy groups -OCH3 is 1. The number of amides is 1. The maximum Gasteiger partial charge on any atom is 0.308 e. The van der Waals surface area contributed by atoms with E-state index in [0.29, 0.717) is 25.4 Å². The number of anilines is 1. The summed E-state index contributed by atoms with van der Waals surface area (Å²) in [6.45, 7) is 1.36. The van der Waals surface area contributed by atoms with Gasteiger partial charge in [0.25, 0.3) is 0 Å². The monoisotopic (exact) mass is 292 g/mol. The Morgan fingerprint density at radius 2 is 2.19 bits per heavy atom. The van der Waals surface area contributed by atoms with Crippen LogP contribution in [0.15, 0.2) is 24.3 Å². The number of esters is 1. The minimum atomic E-state index is -0.332. The first-order chi connectivity index (χ1) is 10.1. The van der Waals surface area contributed by atoms with Gasteiger partial charge in [0.15, 0.2) is 0 Å². The molecule has 0 saturated carbocycles. The molecule has 1 heterocycles. The fraction of sp³-hybridized carbons (Fsp3) is 0.467. The minimum absolute atomic E-state index is 0.00827. The van der Waals surface area contributed by atoms with E-state index in [1.54, 1.807) is 11.0 Å². The molecule has 6 nitrogen and oxygen atoms in total. The second kappa shape index (κ2) is 7.08. The molecule has 21 heavy (non-hydrogen) atoms. The van der Waals surface area contributed by atoms with E-state index in [1.165, 1.54) is 7.11 Å². The Kier molecular flexibility index (Phi) is 5.16. The van der Waals surface area contributed by atoms with Crippen LogP contribution in [0.1, 0.15) is 12.0 Å². The molecule has 0 aliphatic carbocycles. The fourth-order valence-corrected chi connectivity index (χ4v) is 2.31. The van der Waals surface area contributed by atoms with Crippen LogP contribution >= 0.6 is 0 Å². The van der Waals surface area contributed by atoms with Gasteiger partial charge in [0.2, 0.25) is 5.91 Å². The zero-order valence-electron chi connectivity index (χ0n) is 12.1. The molecule has 2 N–H and O–H groups in total. The smallest absolute Gasteiger partial charge is 0.308 e. The van der Waals surface area contributed by atoms with Gasteiger partial charge in [-0.1, -0.05) is 18.2 Å². The number of carbonyl (C=O) groups is 2. The van der Waals surface area contributed by atoms with Gasteiger partial charge in [0.1, 0.15) is 0 Å². The second-order valence-corrected chi connectivity index (χ2v) is 4.99. The molecular weight excluding hydrogens is 272 g/mol. The maximum absolute atomic E-state index is 12.3. The third-order valence-electron chi connectivity index (χ3n) is 3.51. The molecule has 0 radical (unpaired) electrons. The average molecular weight is 292 g/mol. The quantitative estimate of drug-likeness (QED) is 0.649. The Morgan fingerprint density at radius 1 is 1.43 bits per heavy atom. The maximum atomic E-state index is 12.3. The van der Waals surface area contributed by atoms with Crippen molar-refractivity contribution < 1.29 is 19.1 Å². The summed E-state index contributed by atoms with van der Waals surface area (Å²) in [5.41, 5.74) is 7.29. The Balaban J connectivity index is 1.93. The Hall–Kier alpha value is -2.08. The summed E-state index contributed by atoms with van der Waals surface area (Å²) < 4.78 is 10.1. The summed E-state index contributed by atoms with van der Waals surface area (Å²) in [7, 11) is 1.34. The number of rotatable bonds is 4. The number of para-hydroxylation sites is 1. The number of carbonyl (C=O) groups excluding carboxylic acids is 2. The van der Waals surface area contributed by atoms with Crippen molar-refractivity contribution in [2.75, 3.05) is 32.5 Å². The molecule has 1 fully saturated rings. The lowest BCUT2D eigenvalue weighted by Gasteiger charge is -2.32. The van der Waals surface area contributed by atoms with E-state index in [0.717, 1.165) is 5.56 Å². The number of hydrogen-bond acceptors (Lipinski definition) is 5. The summed E-state index contributed by atoms with van der Waals surface area (Å²) in [6, 6.07) is 7.32. The van der Waals surface area contributed by atoms with Crippen LogP contribution in [0.3, 0.4) is 0 Å². The van der Waals surface area contributed by atoms with Crippen molar-refractivity contribution in [2.45, 2.75) is 18.9 Å². The molecule has 0 spiro atoms. The van der Waals surface area contributed by atoms with Crippen LogP contribution < -0.4 is 5.73 Å². The zero-order valence-corrected chi connectivity index (χ0v) is 12.1. The van der Waals surface area contributed by atoms with Gasteiger partial charge in [-0.05, 0) is 11.6 Å². The van der Waals surface area contributed by atoms with Crippen LogP contribution in [-0.2, 0) is 25.5 Å². The molecule has 0 bridgehead atoms. The van der Waals surface area contributed by atoms with Crippen molar-refractivity contribution in [3.05, 3.63) is 29.8 Å².